The van der Waals surface area contributed by atoms with Gasteiger partial charge in [-0.25, -0.2) is 0 Å². The minimum Gasteiger partial charge on any atom is -0.467 e. The van der Waals surface area contributed by atoms with E-state index in [1.165, 1.54) is 19.3 Å². The van der Waals surface area contributed by atoms with E-state index in [1.807, 2.05) is 24.3 Å². The van der Waals surface area contributed by atoms with Crippen molar-refractivity contribution in [2.75, 3.05) is 31.6 Å². The van der Waals surface area contributed by atoms with Crippen LogP contribution >= 0.6 is 0 Å². The van der Waals surface area contributed by atoms with Crippen LogP contribution in [0.15, 0.2) is 47.1 Å². The number of carbonyl (C=O) groups excluding carboxylic acids is 2. The van der Waals surface area contributed by atoms with Gasteiger partial charge in [0.05, 0.1) is 30.6 Å². The Morgan fingerprint density at radius 3 is 2.46 bits per heavy atom. The Balaban J connectivity index is 1.64. The fraction of sp³-hybridized carbons (Fsp3) is 0.455. The molecule has 1 aliphatic heterocycles. The number of anilines is 1. The molecule has 0 aliphatic carbocycles. The van der Waals surface area contributed by atoms with Crippen molar-refractivity contribution in [1.82, 2.24) is 10.2 Å². The standard InChI is InChI=1S/C22H29N3O3/c1-24(21(26)17-25-13-7-3-2-4-8-14-25)20-12-6-5-11-19(20)22(27)23-16-18-10-9-15-28-18/h5-6,9-12,15H,2-4,7-8,13-14,16-17H2,1H3,(H,23,27). The van der Waals surface area contributed by atoms with Crippen LogP contribution in [0.4, 0.5) is 5.69 Å². The molecule has 3 rings (SSSR count). The third kappa shape index (κ3) is 5.45. The minimum atomic E-state index is -0.224. The molecular formula is C22H29N3O3. The SMILES string of the molecule is CN(C(=O)CN1CCCCCCC1)c1ccccc1C(=O)NCc1ccco1. The first-order valence-electron chi connectivity index (χ1n) is 10.0. The summed E-state index contributed by atoms with van der Waals surface area (Å²) in [5, 5.41) is 2.85. The lowest BCUT2D eigenvalue weighted by Gasteiger charge is -2.27. The lowest BCUT2D eigenvalue weighted by Crippen LogP contribution is -2.40. The fourth-order valence-electron chi connectivity index (χ4n) is 3.54. The molecule has 2 heterocycles. The van der Waals surface area contributed by atoms with Gasteiger partial charge in [0.2, 0.25) is 5.91 Å². The first-order valence-corrected chi connectivity index (χ1v) is 10.0. The Hall–Kier alpha value is -2.60. The molecule has 1 aromatic heterocycles. The molecule has 2 aromatic rings. The number of hydrogen-bond acceptors (Lipinski definition) is 4. The highest BCUT2D eigenvalue weighted by atomic mass is 16.3. The van der Waals surface area contributed by atoms with Crippen molar-refractivity contribution in [1.29, 1.82) is 0 Å². The van der Waals surface area contributed by atoms with Gasteiger partial charge in [-0.3, -0.25) is 14.5 Å². The predicted molar refractivity (Wildman–Crippen MR) is 109 cm³/mol. The van der Waals surface area contributed by atoms with E-state index in [4.69, 9.17) is 4.42 Å². The first kappa shape index (κ1) is 20.1. The molecule has 0 radical (unpaired) electrons. The van der Waals surface area contributed by atoms with E-state index >= 15 is 0 Å². The van der Waals surface area contributed by atoms with Gasteiger partial charge >= 0.3 is 0 Å². The van der Waals surface area contributed by atoms with Gasteiger partial charge in [-0.2, -0.15) is 0 Å². The van der Waals surface area contributed by atoms with Crippen molar-refractivity contribution >= 4 is 17.5 Å². The van der Waals surface area contributed by atoms with Gasteiger partial charge in [-0.1, -0.05) is 31.4 Å². The van der Waals surface area contributed by atoms with E-state index in [1.54, 1.807) is 30.3 Å². The molecule has 2 amide bonds. The normalized spacial score (nSPS) is 15.5. The third-order valence-corrected chi connectivity index (χ3v) is 5.19. The molecule has 6 nitrogen and oxygen atoms in total. The second-order valence-corrected chi connectivity index (χ2v) is 7.28. The number of rotatable bonds is 6. The second-order valence-electron chi connectivity index (χ2n) is 7.28. The van der Waals surface area contributed by atoms with Crippen LogP contribution in [0.2, 0.25) is 0 Å². The molecule has 28 heavy (non-hydrogen) atoms. The summed E-state index contributed by atoms with van der Waals surface area (Å²) in [6, 6.07) is 10.8. The van der Waals surface area contributed by atoms with Gasteiger partial charge in [0, 0.05) is 7.05 Å². The van der Waals surface area contributed by atoms with Crippen LogP contribution in [0, 0.1) is 0 Å². The number of benzene rings is 1. The Kier molecular flexibility index (Phi) is 7.25. The number of furan rings is 1. The van der Waals surface area contributed by atoms with Crippen LogP contribution in [0.3, 0.4) is 0 Å². The molecule has 1 saturated heterocycles. The molecule has 1 aromatic carbocycles. The Labute approximate surface area is 166 Å². The highest BCUT2D eigenvalue weighted by Gasteiger charge is 2.20. The largest absolute Gasteiger partial charge is 0.467 e. The summed E-state index contributed by atoms with van der Waals surface area (Å²) >= 11 is 0. The number of para-hydroxylation sites is 1. The lowest BCUT2D eigenvalue weighted by atomic mass is 10.1. The zero-order valence-electron chi connectivity index (χ0n) is 16.5. The molecular weight excluding hydrogens is 354 g/mol. The van der Waals surface area contributed by atoms with E-state index in [9.17, 15) is 9.59 Å². The van der Waals surface area contributed by atoms with Crippen LogP contribution in [0.25, 0.3) is 0 Å². The average molecular weight is 383 g/mol. The van der Waals surface area contributed by atoms with Gasteiger partial charge < -0.3 is 14.6 Å². The van der Waals surface area contributed by atoms with E-state index in [0.717, 1.165) is 25.9 Å². The number of nitrogens with one attached hydrogen (secondary N) is 1. The maximum absolute atomic E-state index is 12.9. The highest BCUT2D eigenvalue weighted by molar-refractivity contribution is 6.04. The van der Waals surface area contributed by atoms with Crippen LogP contribution in [-0.2, 0) is 11.3 Å². The number of carbonyl (C=O) groups is 2. The predicted octanol–water partition coefficient (Wildman–Crippen LogP) is 3.44. The number of nitrogens with zero attached hydrogens (tertiary/aromatic N) is 2. The van der Waals surface area contributed by atoms with Crippen molar-refractivity contribution in [3.8, 4) is 0 Å². The van der Waals surface area contributed by atoms with Crippen LogP contribution in [-0.4, -0.2) is 43.4 Å². The van der Waals surface area contributed by atoms with E-state index in [-0.39, 0.29) is 11.8 Å². The molecule has 0 unspecified atom stereocenters. The number of hydrogen-bond donors (Lipinski definition) is 1. The van der Waals surface area contributed by atoms with Gasteiger partial charge in [-0.05, 0) is 50.2 Å². The number of amides is 2. The molecule has 0 spiro atoms. The van der Waals surface area contributed by atoms with Gasteiger partial charge in [0.25, 0.3) is 5.91 Å². The first-order chi connectivity index (χ1) is 13.6. The molecule has 6 heteroatoms. The lowest BCUT2D eigenvalue weighted by molar-refractivity contribution is -0.119. The summed E-state index contributed by atoms with van der Waals surface area (Å²) in [5.74, 6) is 0.470. The molecule has 1 aliphatic rings. The summed E-state index contributed by atoms with van der Waals surface area (Å²) in [6.07, 6.45) is 7.62. The summed E-state index contributed by atoms with van der Waals surface area (Å²) in [5.41, 5.74) is 1.11. The molecule has 1 fully saturated rings. The van der Waals surface area contributed by atoms with Crippen molar-refractivity contribution in [3.63, 3.8) is 0 Å². The Morgan fingerprint density at radius 1 is 1.04 bits per heavy atom. The average Bonchev–Trinajstić information content (AvgIpc) is 3.21. The molecule has 0 atom stereocenters. The quantitative estimate of drug-likeness (QED) is 0.830. The number of likely N-dealkylation sites (tertiary alicyclic amines) is 1. The second kappa shape index (κ2) is 10.1. The van der Waals surface area contributed by atoms with Gasteiger partial charge in [0.15, 0.2) is 0 Å². The zero-order chi connectivity index (χ0) is 19.8. The Bertz CT molecular complexity index is 765. The molecule has 0 bridgehead atoms. The van der Waals surface area contributed by atoms with Crippen molar-refractivity contribution < 1.29 is 14.0 Å². The monoisotopic (exact) mass is 383 g/mol. The maximum Gasteiger partial charge on any atom is 0.253 e. The fourth-order valence-corrected chi connectivity index (χ4v) is 3.54. The Morgan fingerprint density at radius 2 is 1.75 bits per heavy atom. The van der Waals surface area contributed by atoms with Crippen LogP contribution < -0.4 is 10.2 Å². The minimum absolute atomic E-state index is 0.00635. The summed E-state index contributed by atoms with van der Waals surface area (Å²) in [4.78, 5) is 29.4. The van der Waals surface area contributed by atoms with E-state index in [2.05, 4.69) is 10.2 Å². The highest BCUT2D eigenvalue weighted by Crippen LogP contribution is 2.20. The molecule has 150 valence electrons. The smallest absolute Gasteiger partial charge is 0.253 e. The maximum atomic E-state index is 12.9. The summed E-state index contributed by atoms with van der Waals surface area (Å²) in [6.45, 7) is 2.63. The molecule has 1 N–H and O–H groups in total. The molecule has 0 saturated carbocycles. The summed E-state index contributed by atoms with van der Waals surface area (Å²) in [7, 11) is 1.74. The summed E-state index contributed by atoms with van der Waals surface area (Å²) < 4.78 is 5.25. The van der Waals surface area contributed by atoms with Crippen molar-refractivity contribution in [2.45, 2.75) is 38.6 Å². The van der Waals surface area contributed by atoms with E-state index < -0.39 is 0 Å². The van der Waals surface area contributed by atoms with Crippen LogP contribution in [0.5, 0.6) is 0 Å². The van der Waals surface area contributed by atoms with Gasteiger partial charge in [-0.15, -0.1) is 0 Å². The van der Waals surface area contributed by atoms with Crippen LogP contribution in [0.1, 0.15) is 48.2 Å². The van der Waals surface area contributed by atoms with E-state index in [0.29, 0.717) is 30.1 Å². The third-order valence-electron chi connectivity index (χ3n) is 5.19. The van der Waals surface area contributed by atoms with Gasteiger partial charge in [0.1, 0.15) is 5.76 Å². The van der Waals surface area contributed by atoms with Crippen molar-refractivity contribution in [3.05, 3.63) is 54.0 Å². The number of likely N-dealkylation sites (N-methyl/N-ethyl adjacent to an activating group) is 1. The van der Waals surface area contributed by atoms with Crippen molar-refractivity contribution in [2.24, 2.45) is 0 Å². The zero-order valence-corrected chi connectivity index (χ0v) is 16.5. The topological polar surface area (TPSA) is 65.8 Å².